The Hall–Kier alpha value is -1.75. The maximum atomic E-state index is 11.4. The highest BCUT2D eigenvalue weighted by atomic mass is 16.5. The molecule has 5 nitrogen and oxygen atoms in total. The lowest BCUT2D eigenvalue weighted by Gasteiger charge is -2.25. The smallest absolute Gasteiger partial charge is 0.252 e. The van der Waals surface area contributed by atoms with Crippen LogP contribution in [0.5, 0.6) is 5.75 Å². The van der Waals surface area contributed by atoms with Gasteiger partial charge in [0, 0.05) is 17.8 Å². The van der Waals surface area contributed by atoms with Crippen molar-refractivity contribution in [3.8, 4) is 5.75 Å². The summed E-state index contributed by atoms with van der Waals surface area (Å²) in [6, 6.07) is 5.96. The molecule has 1 heterocycles. The molecule has 0 aromatic heterocycles. The van der Waals surface area contributed by atoms with E-state index in [9.17, 15) is 4.79 Å². The molecule has 2 rings (SSSR count). The van der Waals surface area contributed by atoms with Gasteiger partial charge < -0.3 is 21.1 Å². The first kappa shape index (κ1) is 14.7. The molecule has 5 heteroatoms. The van der Waals surface area contributed by atoms with Crippen molar-refractivity contribution in [3.63, 3.8) is 0 Å². The van der Waals surface area contributed by atoms with E-state index in [0.717, 1.165) is 38.0 Å². The Morgan fingerprint density at radius 1 is 1.45 bits per heavy atom. The van der Waals surface area contributed by atoms with E-state index in [1.165, 1.54) is 0 Å². The Balaban J connectivity index is 2.10. The Morgan fingerprint density at radius 3 is 2.85 bits per heavy atom. The number of hydrogen-bond donors (Lipinski definition) is 3. The second-order valence-corrected chi connectivity index (χ2v) is 5.09. The van der Waals surface area contributed by atoms with Crippen LogP contribution in [0.2, 0.25) is 0 Å². The number of rotatable bonds is 6. The van der Waals surface area contributed by atoms with Crippen LogP contribution in [0.15, 0.2) is 18.2 Å². The molecule has 110 valence electrons. The molecule has 20 heavy (non-hydrogen) atoms. The lowest BCUT2D eigenvalue weighted by Crippen LogP contribution is -2.35. The molecule has 1 fully saturated rings. The highest BCUT2D eigenvalue weighted by molar-refractivity contribution is 5.96. The van der Waals surface area contributed by atoms with Gasteiger partial charge in [0.05, 0.1) is 12.2 Å². The number of benzene rings is 1. The predicted molar refractivity (Wildman–Crippen MR) is 80.3 cm³/mol. The first-order valence-electron chi connectivity index (χ1n) is 7.24. The van der Waals surface area contributed by atoms with Crippen LogP contribution in [-0.4, -0.2) is 31.6 Å². The molecule has 1 aliphatic heterocycles. The summed E-state index contributed by atoms with van der Waals surface area (Å²) in [5, 5.41) is 6.83. The van der Waals surface area contributed by atoms with E-state index in [0.29, 0.717) is 24.0 Å². The number of piperidine rings is 1. The molecule has 0 spiro atoms. The van der Waals surface area contributed by atoms with Crippen molar-refractivity contribution in [1.29, 1.82) is 0 Å². The lowest BCUT2D eigenvalue weighted by atomic mass is 10.1. The van der Waals surface area contributed by atoms with Crippen molar-refractivity contribution in [2.45, 2.75) is 32.2 Å². The third kappa shape index (κ3) is 3.87. The summed E-state index contributed by atoms with van der Waals surface area (Å²) in [5.41, 5.74) is 6.79. The van der Waals surface area contributed by atoms with Gasteiger partial charge in [-0.2, -0.15) is 0 Å². The molecule has 1 aromatic rings. The van der Waals surface area contributed by atoms with Gasteiger partial charge in [-0.25, -0.2) is 0 Å². The number of nitrogens with two attached hydrogens (primary N) is 1. The fraction of sp³-hybridized carbons (Fsp3) is 0.533. The van der Waals surface area contributed by atoms with Crippen LogP contribution >= 0.6 is 0 Å². The molecule has 0 atom stereocenters. The summed E-state index contributed by atoms with van der Waals surface area (Å²) in [6.45, 7) is 4.69. The Bertz CT molecular complexity index is 456. The lowest BCUT2D eigenvalue weighted by molar-refractivity contribution is 0.0996. The largest absolute Gasteiger partial charge is 0.493 e. The zero-order chi connectivity index (χ0) is 14.4. The molecular formula is C15H23N3O2. The average Bonchev–Trinajstić information content (AvgIpc) is 2.46. The van der Waals surface area contributed by atoms with Crippen LogP contribution < -0.4 is 21.1 Å². The van der Waals surface area contributed by atoms with Gasteiger partial charge in [-0.3, -0.25) is 4.79 Å². The zero-order valence-electron chi connectivity index (χ0n) is 11.9. The number of ether oxygens (including phenoxy) is 1. The standard InChI is InChI=1S/C15H23N3O2/c1-2-9-20-14-10-12(3-4-13(14)15(16)19)18-11-5-7-17-8-6-11/h3-4,10-11,17-18H,2,5-9H2,1H3,(H2,16,19). The van der Waals surface area contributed by atoms with Crippen molar-refractivity contribution in [2.75, 3.05) is 25.0 Å². The van der Waals surface area contributed by atoms with Crippen LogP contribution in [-0.2, 0) is 0 Å². The minimum Gasteiger partial charge on any atom is -0.493 e. The molecule has 0 unspecified atom stereocenters. The average molecular weight is 277 g/mol. The first-order valence-corrected chi connectivity index (χ1v) is 7.24. The minimum atomic E-state index is -0.454. The van der Waals surface area contributed by atoms with E-state index in [2.05, 4.69) is 10.6 Å². The van der Waals surface area contributed by atoms with E-state index in [-0.39, 0.29) is 0 Å². The molecule has 0 bridgehead atoms. The van der Waals surface area contributed by atoms with Crippen LogP contribution in [0, 0.1) is 0 Å². The number of nitrogens with one attached hydrogen (secondary N) is 2. The summed E-state index contributed by atoms with van der Waals surface area (Å²) in [6.07, 6.45) is 3.09. The van der Waals surface area contributed by atoms with E-state index >= 15 is 0 Å². The summed E-state index contributed by atoms with van der Waals surface area (Å²) in [7, 11) is 0. The quantitative estimate of drug-likeness (QED) is 0.740. The molecule has 0 radical (unpaired) electrons. The maximum absolute atomic E-state index is 11.4. The first-order chi connectivity index (χ1) is 9.70. The van der Waals surface area contributed by atoms with Gasteiger partial charge in [-0.05, 0) is 44.5 Å². The number of primary amides is 1. The molecule has 1 saturated heterocycles. The Kier molecular flexibility index (Phi) is 5.24. The summed E-state index contributed by atoms with van der Waals surface area (Å²) in [5.74, 6) is 0.114. The van der Waals surface area contributed by atoms with Crippen LogP contribution in [0.3, 0.4) is 0 Å². The maximum Gasteiger partial charge on any atom is 0.252 e. The normalized spacial score (nSPS) is 15.8. The van der Waals surface area contributed by atoms with Crippen LogP contribution in [0.1, 0.15) is 36.5 Å². The number of anilines is 1. The summed E-state index contributed by atoms with van der Waals surface area (Å²) >= 11 is 0. The van der Waals surface area contributed by atoms with Crippen molar-refractivity contribution < 1.29 is 9.53 Å². The zero-order valence-corrected chi connectivity index (χ0v) is 11.9. The van der Waals surface area contributed by atoms with E-state index < -0.39 is 5.91 Å². The van der Waals surface area contributed by atoms with E-state index in [1.54, 1.807) is 6.07 Å². The molecule has 1 amide bonds. The number of hydrogen-bond acceptors (Lipinski definition) is 4. The topological polar surface area (TPSA) is 76.4 Å². The number of carbonyl (C=O) groups excluding carboxylic acids is 1. The molecule has 0 aliphatic carbocycles. The van der Waals surface area contributed by atoms with Gasteiger partial charge >= 0.3 is 0 Å². The van der Waals surface area contributed by atoms with Crippen LogP contribution in [0.4, 0.5) is 5.69 Å². The van der Waals surface area contributed by atoms with Gasteiger partial charge in [0.2, 0.25) is 0 Å². The van der Waals surface area contributed by atoms with Crippen molar-refractivity contribution >= 4 is 11.6 Å². The monoisotopic (exact) mass is 277 g/mol. The van der Waals surface area contributed by atoms with Gasteiger partial charge in [0.25, 0.3) is 5.91 Å². The summed E-state index contributed by atoms with van der Waals surface area (Å²) < 4.78 is 5.62. The fourth-order valence-electron chi connectivity index (χ4n) is 2.35. The van der Waals surface area contributed by atoms with Gasteiger partial charge in [-0.15, -0.1) is 0 Å². The Morgan fingerprint density at radius 2 is 2.20 bits per heavy atom. The molecule has 1 aliphatic rings. The second-order valence-electron chi connectivity index (χ2n) is 5.09. The SMILES string of the molecule is CCCOc1cc(NC2CCNCC2)ccc1C(N)=O. The Labute approximate surface area is 119 Å². The van der Waals surface area contributed by atoms with Crippen LogP contribution in [0.25, 0.3) is 0 Å². The number of carbonyl (C=O) groups is 1. The highest BCUT2D eigenvalue weighted by Crippen LogP contribution is 2.24. The predicted octanol–water partition coefficient (Wildman–Crippen LogP) is 1.74. The van der Waals surface area contributed by atoms with Gasteiger partial charge in [0.1, 0.15) is 5.75 Å². The molecular weight excluding hydrogens is 254 g/mol. The van der Waals surface area contributed by atoms with E-state index in [1.807, 2.05) is 19.1 Å². The molecule has 4 N–H and O–H groups in total. The number of amides is 1. The summed E-state index contributed by atoms with van der Waals surface area (Å²) in [4.78, 5) is 11.4. The molecule has 0 saturated carbocycles. The minimum absolute atomic E-state index is 0.439. The molecule has 1 aromatic carbocycles. The third-order valence-corrected chi connectivity index (χ3v) is 3.42. The van der Waals surface area contributed by atoms with E-state index in [4.69, 9.17) is 10.5 Å². The van der Waals surface area contributed by atoms with Crippen molar-refractivity contribution in [3.05, 3.63) is 23.8 Å². The van der Waals surface area contributed by atoms with Gasteiger partial charge in [0.15, 0.2) is 0 Å². The fourth-order valence-corrected chi connectivity index (χ4v) is 2.35. The van der Waals surface area contributed by atoms with Crippen molar-refractivity contribution in [2.24, 2.45) is 5.73 Å². The van der Waals surface area contributed by atoms with Crippen molar-refractivity contribution in [1.82, 2.24) is 5.32 Å². The highest BCUT2D eigenvalue weighted by Gasteiger charge is 2.15. The van der Waals surface area contributed by atoms with Gasteiger partial charge in [-0.1, -0.05) is 6.92 Å². The second kappa shape index (κ2) is 7.14. The third-order valence-electron chi connectivity index (χ3n) is 3.42.